The van der Waals surface area contributed by atoms with Crippen molar-refractivity contribution < 1.29 is 34.2 Å². The van der Waals surface area contributed by atoms with Gasteiger partial charge in [0.2, 0.25) is 8.32 Å². The highest BCUT2D eigenvalue weighted by atomic mass is 32.2. The molecule has 0 aliphatic heterocycles. The fourth-order valence-electron chi connectivity index (χ4n) is 0.523. The first kappa shape index (κ1) is 14.8. The summed E-state index contributed by atoms with van der Waals surface area (Å²) in [5.74, 6) is 0. The third kappa shape index (κ3) is 3.38. The molecule has 0 aromatic carbocycles. The van der Waals surface area contributed by atoms with Crippen molar-refractivity contribution in [2.24, 2.45) is 0 Å². The summed E-state index contributed by atoms with van der Waals surface area (Å²) in [5.41, 5.74) is 0. The highest BCUT2D eigenvalue weighted by Gasteiger charge is 2.68. The van der Waals surface area contributed by atoms with Gasteiger partial charge < -0.3 is 3.87 Å². The van der Waals surface area contributed by atoms with Crippen molar-refractivity contribution in [3.05, 3.63) is 0 Å². The van der Waals surface area contributed by atoms with Crippen LogP contribution < -0.4 is 0 Å². The molecular weight excluding hydrogens is 263 g/mol. The van der Waals surface area contributed by atoms with E-state index in [2.05, 4.69) is 3.87 Å². The van der Waals surface area contributed by atoms with Crippen molar-refractivity contribution >= 4 is 18.4 Å². The molecule has 0 heterocycles. The second kappa shape index (κ2) is 3.66. The third-order valence-electron chi connectivity index (χ3n) is 1.00. The van der Waals surface area contributed by atoms with Gasteiger partial charge in [-0.2, -0.15) is 30.4 Å². The Labute approximate surface area is 84.5 Å². The van der Waals surface area contributed by atoms with Gasteiger partial charge in [-0.15, -0.1) is 0 Å². The van der Waals surface area contributed by atoms with Crippen molar-refractivity contribution in [2.45, 2.75) is 31.1 Å². The maximum Gasteiger partial charge on any atom is 0.472 e. The molecule has 0 bridgehead atoms. The average Bonchev–Trinajstić information content (AvgIpc) is 1.77. The van der Waals surface area contributed by atoms with E-state index in [1.165, 1.54) is 19.6 Å². The van der Waals surface area contributed by atoms with Crippen LogP contribution in [0.1, 0.15) is 0 Å². The van der Waals surface area contributed by atoms with E-state index in [9.17, 15) is 30.4 Å². The highest BCUT2D eigenvalue weighted by Crippen LogP contribution is 2.41. The Morgan fingerprint density at radius 3 is 1.53 bits per heavy atom. The minimum absolute atomic E-state index is 1.18. The number of rotatable bonds is 3. The average molecular weight is 272 g/mol. The first-order valence-electron chi connectivity index (χ1n) is 3.60. The summed E-state index contributed by atoms with van der Waals surface area (Å²) < 4.78 is 85.1. The van der Waals surface area contributed by atoms with Crippen LogP contribution in [0.4, 0.5) is 22.0 Å². The molecule has 0 N–H and O–H groups in total. The quantitative estimate of drug-likeness (QED) is 0.585. The normalized spacial score (nSPS) is 15.5. The monoisotopic (exact) mass is 272 g/mol. The Morgan fingerprint density at radius 1 is 1.00 bits per heavy atom. The summed E-state index contributed by atoms with van der Waals surface area (Å²) >= 11 is 0. The molecule has 0 aliphatic carbocycles. The number of hydrogen-bond donors (Lipinski definition) is 0. The summed E-state index contributed by atoms with van der Waals surface area (Å²) in [6.45, 7) is 3.53. The van der Waals surface area contributed by atoms with Crippen LogP contribution in [0, 0.1) is 0 Å². The van der Waals surface area contributed by atoms with E-state index < -0.39 is 29.9 Å². The van der Waals surface area contributed by atoms with E-state index >= 15 is 0 Å². The summed E-state index contributed by atoms with van der Waals surface area (Å²) in [4.78, 5) is 0. The van der Waals surface area contributed by atoms with Gasteiger partial charge in [0.05, 0.1) is 0 Å². The molecule has 0 saturated carbocycles. The van der Waals surface area contributed by atoms with E-state index in [0.29, 0.717) is 0 Å². The van der Waals surface area contributed by atoms with Gasteiger partial charge in [-0.3, -0.25) is 0 Å². The Bertz CT molecular complexity index is 328. The minimum Gasteiger partial charge on any atom is -0.311 e. The standard InChI is InChI=1S/C5H9F5O3SSi/c1-15(2,3)13-14(11,12)5(9,10)4(6,7)8/h1-3H3. The van der Waals surface area contributed by atoms with Crippen molar-refractivity contribution in [3.63, 3.8) is 0 Å². The van der Waals surface area contributed by atoms with Gasteiger partial charge in [-0.05, 0) is 19.6 Å². The van der Waals surface area contributed by atoms with Gasteiger partial charge in [0.15, 0.2) is 0 Å². The summed E-state index contributed by atoms with van der Waals surface area (Å²) in [5, 5.41) is -5.87. The van der Waals surface area contributed by atoms with Crippen molar-refractivity contribution in [2.75, 3.05) is 0 Å². The molecule has 0 fully saturated rings. The van der Waals surface area contributed by atoms with Crippen LogP contribution in [0.2, 0.25) is 19.6 Å². The topological polar surface area (TPSA) is 43.4 Å². The first-order chi connectivity index (χ1) is 6.21. The molecule has 92 valence electrons. The highest BCUT2D eigenvalue weighted by molar-refractivity contribution is 7.88. The van der Waals surface area contributed by atoms with Crippen molar-refractivity contribution in [3.8, 4) is 0 Å². The lowest BCUT2D eigenvalue weighted by atomic mass is 10.7. The second-order valence-electron chi connectivity index (χ2n) is 3.66. The van der Waals surface area contributed by atoms with Crippen LogP contribution in [0.25, 0.3) is 0 Å². The molecule has 0 aromatic heterocycles. The second-order valence-corrected chi connectivity index (χ2v) is 9.98. The lowest BCUT2D eigenvalue weighted by molar-refractivity contribution is -0.243. The zero-order valence-corrected chi connectivity index (χ0v) is 9.84. The number of alkyl halides is 5. The Balaban J connectivity index is 5.24. The van der Waals surface area contributed by atoms with Gasteiger partial charge in [-0.1, -0.05) is 0 Å². The lowest BCUT2D eigenvalue weighted by Gasteiger charge is -2.23. The van der Waals surface area contributed by atoms with Gasteiger partial charge in [-0.25, -0.2) is 0 Å². The van der Waals surface area contributed by atoms with Crippen LogP contribution in [-0.2, 0) is 14.0 Å². The Morgan fingerprint density at radius 2 is 1.33 bits per heavy atom. The maximum absolute atomic E-state index is 12.4. The van der Waals surface area contributed by atoms with Crippen molar-refractivity contribution in [1.29, 1.82) is 0 Å². The molecule has 0 unspecified atom stereocenters. The molecule has 10 heteroatoms. The van der Waals surface area contributed by atoms with Gasteiger partial charge in [0.25, 0.3) is 0 Å². The fraction of sp³-hybridized carbons (Fsp3) is 1.00. The first-order valence-corrected chi connectivity index (χ1v) is 8.42. The van der Waals surface area contributed by atoms with Crippen LogP contribution in [0.5, 0.6) is 0 Å². The molecule has 0 spiro atoms. The molecule has 15 heavy (non-hydrogen) atoms. The Kier molecular flexibility index (Phi) is 3.61. The van der Waals surface area contributed by atoms with Gasteiger partial charge >= 0.3 is 21.5 Å². The molecule has 0 rings (SSSR count). The van der Waals surface area contributed by atoms with Crippen LogP contribution >= 0.6 is 0 Å². The van der Waals surface area contributed by atoms with Gasteiger partial charge in [0.1, 0.15) is 0 Å². The largest absolute Gasteiger partial charge is 0.472 e. The molecule has 0 radical (unpaired) electrons. The SMILES string of the molecule is C[Si](C)(C)OS(=O)(=O)C(F)(F)C(F)(F)F. The molecule has 0 atom stereocenters. The zero-order chi connectivity index (χ0) is 12.7. The fourth-order valence-corrected chi connectivity index (χ4v) is 3.86. The van der Waals surface area contributed by atoms with Crippen LogP contribution in [0.15, 0.2) is 0 Å². The lowest BCUT2D eigenvalue weighted by Crippen LogP contribution is -2.48. The summed E-state index contributed by atoms with van der Waals surface area (Å²) in [6, 6.07) is 0. The summed E-state index contributed by atoms with van der Waals surface area (Å²) in [6.07, 6.45) is -6.18. The van der Waals surface area contributed by atoms with E-state index in [0.717, 1.165) is 0 Å². The smallest absolute Gasteiger partial charge is 0.311 e. The van der Waals surface area contributed by atoms with E-state index in [4.69, 9.17) is 0 Å². The Hall–Kier alpha value is -0.223. The molecule has 0 amide bonds. The molecule has 0 saturated heterocycles. The van der Waals surface area contributed by atoms with E-state index in [1.54, 1.807) is 0 Å². The maximum atomic E-state index is 12.4. The van der Waals surface area contributed by atoms with Crippen LogP contribution in [-0.4, -0.2) is 28.2 Å². The van der Waals surface area contributed by atoms with Crippen molar-refractivity contribution in [1.82, 2.24) is 0 Å². The summed E-state index contributed by atoms with van der Waals surface area (Å²) in [7, 11) is -9.02. The van der Waals surface area contributed by atoms with Gasteiger partial charge in [0, 0.05) is 0 Å². The zero-order valence-electron chi connectivity index (χ0n) is 8.02. The predicted octanol–water partition coefficient (Wildman–Crippen LogP) is 2.32. The predicted molar refractivity (Wildman–Crippen MR) is 44.4 cm³/mol. The molecule has 0 aliphatic rings. The minimum atomic E-state index is -6.18. The molecule has 0 aromatic rings. The molecular formula is C5H9F5O3SSi. The van der Waals surface area contributed by atoms with Crippen LogP contribution in [0.3, 0.4) is 0 Å². The number of hydrogen-bond acceptors (Lipinski definition) is 3. The molecule has 3 nitrogen and oxygen atoms in total. The third-order valence-corrected chi connectivity index (χ3v) is 4.74. The number of halogens is 5. The van der Waals surface area contributed by atoms with E-state index in [1.807, 2.05) is 0 Å². The van der Waals surface area contributed by atoms with E-state index in [-0.39, 0.29) is 0 Å².